The van der Waals surface area contributed by atoms with E-state index in [-0.39, 0.29) is 11.7 Å². The average molecular weight is 505 g/mol. The number of aldehydes is 1. The van der Waals surface area contributed by atoms with Crippen LogP contribution in [0, 0.1) is 0 Å². The highest BCUT2D eigenvalue weighted by Crippen LogP contribution is 2.18. The molecule has 10 heteroatoms. The molecule has 1 aliphatic heterocycles. The third-order valence-electron chi connectivity index (χ3n) is 5.63. The molecule has 1 fully saturated rings. The predicted molar refractivity (Wildman–Crippen MR) is 135 cm³/mol. The smallest absolute Gasteiger partial charge is 0.321 e. The molecule has 2 atom stereocenters. The molecular formula is C24H29ClN4O4S. The Labute approximate surface area is 208 Å². The van der Waals surface area contributed by atoms with Crippen LogP contribution in [0.3, 0.4) is 0 Å². The number of carboxylic acid groups (broad SMARTS) is 1. The number of rotatable bonds is 11. The number of carbonyl (C=O) groups is 3. The zero-order valence-corrected chi connectivity index (χ0v) is 20.3. The normalized spacial score (nSPS) is 16.0. The van der Waals surface area contributed by atoms with Crippen LogP contribution in [0.15, 0.2) is 48.5 Å². The number of carbonyl (C=O) groups excluding carboxylic acids is 2. The third-order valence-corrected chi connectivity index (χ3v) is 7.02. The first-order valence-corrected chi connectivity index (χ1v) is 12.5. The molecule has 2 aromatic rings. The van der Waals surface area contributed by atoms with Gasteiger partial charge < -0.3 is 25.9 Å². The molecule has 0 bridgehead atoms. The molecule has 4 N–H and O–H groups in total. The van der Waals surface area contributed by atoms with Gasteiger partial charge in [-0.05, 0) is 48.4 Å². The number of anilines is 1. The fraction of sp³-hybridized carbons (Fsp3) is 0.375. The molecule has 34 heavy (non-hydrogen) atoms. The molecule has 182 valence electrons. The highest BCUT2D eigenvalue weighted by Gasteiger charge is 2.22. The Balaban J connectivity index is 1.44. The summed E-state index contributed by atoms with van der Waals surface area (Å²) in [7, 11) is 0. The van der Waals surface area contributed by atoms with Crippen LogP contribution in [0.4, 0.5) is 5.69 Å². The number of aliphatic carboxylic acids is 1. The molecule has 1 amide bonds. The van der Waals surface area contributed by atoms with Gasteiger partial charge in [0.15, 0.2) is 6.29 Å². The fourth-order valence-corrected chi connectivity index (χ4v) is 4.54. The van der Waals surface area contributed by atoms with Crippen LogP contribution in [-0.2, 0) is 16.0 Å². The Hall–Kier alpha value is -2.59. The number of thioether (sulfide) groups is 1. The van der Waals surface area contributed by atoms with E-state index in [2.05, 4.69) is 10.2 Å². The van der Waals surface area contributed by atoms with E-state index in [4.69, 9.17) is 22.4 Å². The third kappa shape index (κ3) is 7.73. The molecule has 0 saturated carbocycles. The van der Waals surface area contributed by atoms with Gasteiger partial charge >= 0.3 is 5.97 Å². The molecule has 8 nitrogen and oxygen atoms in total. The molecule has 3 rings (SSSR count). The zero-order chi connectivity index (χ0) is 24.5. The lowest BCUT2D eigenvalue weighted by Crippen LogP contribution is -2.49. The highest BCUT2D eigenvalue weighted by molar-refractivity contribution is 8.00. The quantitative estimate of drug-likeness (QED) is 0.315. The second kappa shape index (κ2) is 12.8. The number of carboxylic acids is 1. The van der Waals surface area contributed by atoms with E-state index in [1.54, 1.807) is 24.3 Å². The second-order valence-corrected chi connectivity index (χ2v) is 9.68. The first kappa shape index (κ1) is 26.0. The Kier molecular flexibility index (Phi) is 9.76. The molecule has 1 aliphatic rings. The van der Waals surface area contributed by atoms with Crippen molar-refractivity contribution < 1.29 is 19.5 Å². The lowest BCUT2D eigenvalue weighted by Gasteiger charge is -2.34. The largest absolute Gasteiger partial charge is 0.480 e. The molecule has 2 aromatic carbocycles. The number of hydrogen-bond acceptors (Lipinski definition) is 7. The zero-order valence-electron chi connectivity index (χ0n) is 18.7. The van der Waals surface area contributed by atoms with Crippen LogP contribution < -0.4 is 11.1 Å². The van der Waals surface area contributed by atoms with E-state index < -0.39 is 17.4 Å². The molecular weight excluding hydrogens is 476 g/mol. The molecule has 0 aliphatic carbocycles. The Morgan fingerprint density at radius 3 is 2.32 bits per heavy atom. The summed E-state index contributed by atoms with van der Waals surface area (Å²) in [6.07, 6.45) is 1.65. The van der Waals surface area contributed by atoms with Crippen molar-refractivity contribution in [1.82, 2.24) is 9.80 Å². The lowest BCUT2D eigenvalue weighted by atomic mass is 10.1. The summed E-state index contributed by atoms with van der Waals surface area (Å²) < 4.78 is 0. The predicted octanol–water partition coefficient (Wildman–Crippen LogP) is 2.42. The van der Waals surface area contributed by atoms with Gasteiger partial charge in [0, 0.05) is 54.8 Å². The van der Waals surface area contributed by atoms with Crippen molar-refractivity contribution in [2.45, 2.75) is 17.8 Å². The van der Waals surface area contributed by atoms with Gasteiger partial charge in [0.2, 0.25) is 0 Å². The van der Waals surface area contributed by atoms with Gasteiger partial charge in [0.05, 0.1) is 0 Å². The van der Waals surface area contributed by atoms with Crippen LogP contribution >= 0.6 is 23.4 Å². The first-order valence-electron chi connectivity index (χ1n) is 11.0. The van der Waals surface area contributed by atoms with E-state index >= 15 is 0 Å². The lowest BCUT2D eigenvalue weighted by molar-refractivity contribution is -0.137. The highest BCUT2D eigenvalue weighted by atomic mass is 35.5. The number of benzene rings is 2. The maximum absolute atomic E-state index is 12.9. The summed E-state index contributed by atoms with van der Waals surface area (Å²) in [5, 5.41) is 12.0. The number of hydrogen-bond donors (Lipinski definition) is 3. The van der Waals surface area contributed by atoms with Gasteiger partial charge in [0.25, 0.3) is 5.91 Å². The van der Waals surface area contributed by atoms with E-state index in [0.29, 0.717) is 30.6 Å². The van der Waals surface area contributed by atoms with Crippen molar-refractivity contribution in [1.29, 1.82) is 0 Å². The first-order chi connectivity index (χ1) is 16.4. The minimum absolute atomic E-state index is 0.0161. The van der Waals surface area contributed by atoms with Gasteiger partial charge in [-0.1, -0.05) is 23.7 Å². The number of nitrogens with one attached hydrogen (secondary N) is 1. The molecule has 1 heterocycles. The minimum Gasteiger partial charge on any atom is -0.480 e. The van der Waals surface area contributed by atoms with E-state index in [9.17, 15) is 14.4 Å². The van der Waals surface area contributed by atoms with Gasteiger partial charge in [-0.2, -0.15) is 0 Å². The van der Waals surface area contributed by atoms with E-state index in [1.807, 2.05) is 29.2 Å². The molecule has 0 radical (unpaired) electrons. The average Bonchev–Trinajstić information content (AvgIpc) is 2.86. The number of piperazine rings is 1. The number of nitrogens with zero attached hydrogens (tertiary/aromatic N) is 2. The van der Waals surface area contributed by atoms with Crippen LogP contribution in [-0.4, -0.2) is 83.0 Å². The summed E-state index contributed by atoms with van der Waals surface area (Å²) in [6, 6.07) is 13.8. The van der Waals surface area contributed by atoms with Gasteiger partial charge in [-0.15, -0.1) is 11.8 Å². The van der Waals surface area contributed by atoms with Crippen molar-refractivity contribution in [3.63, 3.8) is 0 Å². The second-order valence-electron chi connectivity index (χ2n) is 8.07. The van der Waals surface area contributed by atoms with E-state index in [0.717, 1.165) is 42.8 Å². The topological polar surface area (TPSA) is 116 Å². The number of nitrogens with two attached hydrogens (primary N) is 1. The van der Waals surface area contributed by atoms with Crippen LogP contribution in [0.25, 0.3) is 0 Å². The SMILES string of the molecule is NC(CSC(C=O)Nc1ccc(C(=O)N2CCN(CCc3ccc(Cl)cc3)CC2)cc1)C(=O)O. The standard InChI is InChI=1S/C24H29ClN4O4S/c25-19-5-1-17(2-6-19)9-10-28-11-13-29(14-12-28)23(31)18-3-7-20(8-4-18)27-22(15-30)34-16-21(26)24(32)33/h1-8,15,21-22,27H,9-14,16,26H2,(H,32,33). The monoisotopic (exact) mass is 504 g/mol. The van der Waals surface area contributed by atoms with Crippen molar-refractivity contribution in [2.75, 3.05) is 43.8 Å². The minimum atomic E-state index is -1.11. The van der Waals surface area contributed by atoms with Crippen molar-refractivity contribution in [3.8, 4) is 0 Å². The van der Waals surface area contributed by atoms with Gasteiger partial charge in [-0.25, -0.2) is 0 Å². The molecule has 0 spiro atoms. The van der Waals surface area contributed by atoms with Crippen LogP contribution in [0.1, 0.15) is 15.9 Å². The maximum Gasteiger partial charge on any atom is 0.321 e. The Morgan fingerprint density at radius 1 is 1.09 bits per heavy atom. The van der Waals surface area contributed by atoms with Crippen molar-refractivity contribution >= 4 is 47.2 Å². The summed E-state index contributed by atoms with van der Waals surface area (Å²) in [5.41, 5.74) is 7.98. The van der Waals surface area contributed by atoms with Crippen LogP contribution in [0.5, 0.6) is 0 Å². The van der Waals surface area contributed by atoms with Crippen molar-refractivity contribution in [3.05, 3.63) is 64.7 Å². The summed E-state index contributed by atoms with van der Waals surface area (Å²) >= 11 is 7.06. The van der Waals surface area contributed by atoms with Crippen molar-refractivity contribution in [2.24, 2.45) is 5.73 Å². The van der Waals surface area contributed by atoms with E-state index in [1.165, 1.54) is 5.56 Å². The maximum atomic E-state index is 12.9. The summed E-state index contributed by atoms with van der Waals surface area (Å²) in [5.74, 6) is -1.02. The Morgan fingerprint density at radius 2 is 1.74 bits per heavy atom. The Bertz CT molecular complexity index is 966. The molecule has 1 saturated heterocycles. The van der Waals surface area contributed by atoms with Gasteiger partial charge in [-0.3, -0.25) is 14.5 Å². The summed E-state index contributed by atoms with van der Waals surface area (Å²) in [6.45, 7) is 3.95. The molecule has 0 aromatic heterocycles. The fourth-order valence-electron chi connectivity index (χ4n) is 3.56. The number of amides is 1. The molecule has 2 unspecified atom stereocenters. The van der Waals surface area contributed by atoms with Crippen LogP contribution in [0.2, 0.25) is 5.02 Å². The number of halogens is 1. The summed E-state index contributed by atoms with van der Waals surface area (Å²) in [4.78, 5) is 39.2. The van der Waals surface area contributed by atoms with Gasteiger partial charge in [0.1, 0.15) is 11.4 Å².